The van der Waals surface area contributed by atoms with Crippen LogP contribution in [0.25, 0.3) is 0 Å². The first-order chi connectivity index (χ1) is 8.04. The summed E-state index contributed by atoms with van der Waals surface area (Å²) < 4.78 is 4.58. The van der Waals surface area contributed by atoms with E-state index in [0.29, 0.717) is 0 Å². The molecule has 0 aromatic carbocycles. The zero-order valence-corrected chi connectivity index (χ0v) is 9.10. The van der Waals surface area contributed by atoms with Gasteiger partial charge in [0.15, 0.2) is 11.9 Å². The lowest BCUT2D eigenvalue weighted by Gasteiger charge is -2.10. The smallest absolute Gasteiger partial charge is 0.332 e. The number of H-pyrrole nitrogens is 1. The second kappa shape index (κ2) is 5.75. The molecule has 0 aliphatic carbocycles. The minimum atomic E-state index is -1.43. The zero-order valence-electron chi connectivity index (χ0n) is 9.10. The van der Waals surface area contributed by atoms with Crippen molar-refractivity contribution in [1.29, 1.82) is 0 Å². The fourth-order valence-electron chi connectivity index (χ4n) is 0.957. The average molecular weight is 240 g/mol. The molecule has 0 bridgehead atoms. The first kappa shape index (κ1) is 12.8. The van der Waals surface area contributed by atoms with Gasteiger partial charge in [-0.15, -0.1) is 0 Å². The van der Waals surface area contributed by atoms with Gasteiger partial charge in [-0.05, 0) is 13.0 Å². The zero-order chi connectivity index (χ0) is 12.8. The number of carbonyl (C=O) groups excluding carboxylic acids is 2. The van der Waals surface area contributed by atoms with Crippen molar-refractivity contribution >= 4 is 17.7 Å². The van der Waals surface area contributed by atoms with Crippen LogP contribution < -0.4 is 16.6 Å². The summed E-state index contributed by atoms with van der Waals surface area (Å²) >= 11 is 0. The molecule has 1 amide bonds. The fraction of sp³-hybridized carbons (Fsp3) is 0.333. The summed E-state index contributed by atoms with van der Waals surface area (Å²) in [4.78, 5) is 33.3. The third kappa shape index (κ3) is 3.68. The molecular weight excluding hydrogens is 228 g/mol. The van der Waals surface area contributed by atoms with Crippen molar-refractivity contribution in [3.05, 3.63) is 22.5 Å². The molecule has 1 rings (SSSR count). The van der Waals surface area contributed by atoms with Gasteiger partial charge in [0.2, 0.25) is 0 Å². The Morgan fingerprint density at radius 1 is 1.59 bits per heavy atom. The van der Waals surface area contributed by atoms with E-state index in [9.17, 15) is 14.4 Å². The summed E-state index contributed by atoms with van der Waals surface area (Å²) in [7, 11) is 0. The number of nitrogens with zero attached hydrogens (tertiary/aromatic N) is 1. The number of nitrogens with one attached hydrogen (secondary N) is 2. The van der Waals surface area contributed by atoms with Crippen LogP contribution in [0.5, 0.6) is 0 Å². The van der Waals surface area contributed by atoms with Gasteiger partial charge in [-0.1, -0.05) is 0 Å². The molecular formula is C9H12N4O4. The fourth-order valence-corrected chi connectivity index (χ4v) is 0.957. The van der Waals surface area contributed by atoms with Crippen molar-refractivity contribution in [3.63, 3.8) is 0 Å². The lowest BCUT2D eigenvalue weighted by atomic mass is 10.3. The van der Waals surface area contributed by atoms with Crippen LogP contribution in [0.3, 0.4) is 0 Å². The van der Waals surface area contributed by atoms with Crippen LogP contribution in [0, 0.1) is 0 Å². The Morgan fingerprint density at radius 3 is 2.82 bits per heavy atom. The molecule has 1 aromatic heterocycles. The van der Waals surface area contributed by atoms with Crippen molar-refractivity contribution in [2.75, 3.05) is 11.9 Å². The monoisotopic (exact) mass is 240 g/mol. The number of aromatic amines is 1. The highest BCUT2D eigenvalue weighted by atomic mass is 16.5. The molecule has 0 spiro atoms. The second-order valence-corrected chi connectivity index (χ2v) is 3.03. The van der Waals surface area contributed by atoms with Gasteiger partial charge in [0, 0.05) is 6.07 Å². The molecule has 0 saturated carbocycles. The lowest BCUT2D eigenvalue weighted by Crippen LogP contribution is -2.43. The number of amides is 1. The maximum atomic E-state index is 11.4. The Morgan fingerprint density at radius 2 is 2.29 bits per heavy atom. The molecule has 8 nitrogen and oxygen atoms in total. The molecule has 0 saturated heterocycles. The molecule has 0 aliphatic heterocycles. The standard InChI is InChI=1S/C9H12N4O4/c1-2-17-9(16)7(10)8(15)11-5-3-4-6(14)13-12-5/h3-4,7H,2,10H2,1H3,(H,13,14)(H,11,12,15). The summed E-state index contributed by atoms with van der Waals surface area (Å²) in [6.07, 6.45) is 0. The topological polar surface area (TPSA) is 127 Å². The van der Waals surface area contributed by atoms with Crippen molar-refractivity contribution in [2.24, 2.45) is 5.73 Å². The first-order valence-electron chi connectivity index (χ1n) is 4.83. The van der Waals surface area contributed by atoms with Gasteiger partial charge in [-0.25, -0.2) is 9.89 Å². The highest BCUT2D eigenvalue weighted by Gasteiger charge is 2.23. The summed E-state index contributed by atoms with van der Waals surface area (Å²) in [5, 5.41) is 7.91. The van der Waals surface area contributed by atoms with E-state index >= 15 is 0 Å². The Bertz CT molecular complexity index is 450. The Kier molecular flexibility index (Phi) is 4.35. The van der Waals surface area contributed by atoms with Crippen LogP contribution in [0.15, 0.2) is 16.9 Å². The van der Waals surface area contributed by atoms with Crippen LogP contribution >= 0.6 is 0 Å². The first-order valence-corrected chi connectivity index (χ1v) is 4.83. The summed E-state index contributed by atoms with van der Waals surface area (Å²) in [6, 6.07) is 1.04. The van der Waals surface area contributed by atoms with Gasteiger partial charge in [0.05, 0.1) is 6.61 Å². The summed E-state index contributed by atoms with van der Waals surface area (Å²) in [5.74, 6) is -1.49. The van der Waals surface area contributed by atoms with Gasteiger partial charge in [-0.2, -0.15) is 5.10 Å². The Hall–Kier alpha value is -2.22. The summed E-state index contributed by atoms with van der Waals surface area (Å²) in [6.45, 7) is 1.74. The lowest BCUT2D eigenvalue weighted by molar-refractivity contribution is -0.146. The number of anilines is 1. The van der Waals surface area contributed by atoms with Gasteiger partial charge >= 0.3 is 5.97 Å². The summed E-state index contributed by atoms with van der Waals surface area (Å²) in [5.41, 5.74) is 4.93. The second-order valence-electron chi connectivity index (χ2n) is 3.03. The molecule has 1 aromatic rings. The quantitative estimate of drug-likeness (QED) is 0.438. The predicted octanol–water partition coefficient (Wildman–Crippen LogP) is -1.40. The van der Waals surface area contributed by atoms with E-state index in [1.165, 1.54) is 12.1 Å². The number of aromatic nitrogens is 2. The van der Waals surface area contributed by atoms with Crippen molar-refractivity contribution in [1.82, 2.24) is 10.2 Å². The molecule has 17 heavy (non-hydrogen) atoms. The Labute approximate surface area is 96.2 Å². The van der Waals surface area contributed by atoms with Crippen LogP contribution in [0.4, 0.5) is 5.82 Å². The van der Waals surface area contributed by atoms with Crippen LogP contribution in [0.2, 0.25) is 0 Å². The Balaban J connectivity index is 2.62. The molecule has 92 valence electrons. The predicted molar refractivity (Wildman–Crippen MR) is 58.1 cm³/mol. The van der Waals surface area contributed by atoms with Gasteiger partial charge in [0.1, 0.15) is 0 Å². The van der Waals surface area contributed by atoms with Gasteiger partial charge in [0.25, 0.3) is 11.5 Å². The van der Waals surface area contributed by atoms with Crippen LogP contribution in [0.1, 0.15) is 6.92 Å². The van der Waals surface area contributed by atoms with Crippen LogP contribution in [-0.4, -0.2) is 34.7 Å². The minimum absolute atomic E-state index is 0.0920. The number of esters is 1. The van der Waals surface area contributed by atoms with Gasteiger partial charge in [-0.3, -0.25) is 9.59 Å². The SMILES string of the molecule is CCOC(=O)C(N)C(=O)Nc1ccc(=O)[nH]n1. The molecule has 4 N–H and O–H groups in total. The van der Waals surface area contributed by atoms with Crippen molar-refractivity contribution in [3.8, 4) is 0 Å². The number of carbonyl (C=O) groups is 2. The van der Waals surface area contributed by atoms with E-state index in [-0.39, 0.29) is 12.4 Å². The highest BCUT2D eigenvalue weighted by Crippen LogP contribution is 1.97. The van der Waals surface area contributed by atoms with E-state index in [1.54, 1.807) is 6.92 Å². The van der Waals surface area contributed by atoms with E-state index in [2.05, 4.69) is 20.3 Å². The molecule has 0 radical (unpaired) electrons. The minimum Gasteiger partial charge on any atom is -0.464 e. The third-order valence-electron chi connectivity index (χ3n) is 1.75. The van der Waals surface area contributed by atoms with E-state index in [4.69, 9.17) is 5.73 Å². The van der Waals surface area contributed by atoms with Crippen molar-refractivity contribution in [2.45, 2.75) is 13.0 Å². The molecule has 1 atom stereocenters. The molecule has 0 aliphatic rings. The van der Waals surface area contributed by atoms with E-state index < -0.39 is 23.5 Å². The highest BCUT2D eigenvalue weighted by molar-refractivity contribution is 6.07. The number of hydrogen-bond donors (Lipinski definition) is 3. The number of ether oxygens (including phenoxy) is 1. The number of rotatable bonds is 4. The van der Waals surface area contributed by atoms with Crippen LogP contribution in [-0.2, 0) is 14.3 Å². The molecule has 1 unspecified atom stereocenters. The maximum absolute atomic E-state index is 11.4. The van der Waals surface area contributed by atoms with E-state index in [0.717, 1.165) is 0 Å². The largest absolute Gasteiger partial charge is 0.464 e. The number of nitrogens with two attached hydrogens (primary N) is 1. The van der Waals surface area contributed by atoms with E-state index in [1.807, 2.05) is 0 Å². The van der Waals surface area contributed by atoms with Gasteiger partial charge < -0.3 is 15.8 Å². The third-order valence-corrected chi connectivity index (χ3v) is 1.75. The molecule has 8 heteroatoms. The normalized spacial score (nSPS) is 11.6. The maximum Gasteiger partial charge on any atom is 0.332 e. The van der Waals surface area contributed by atoms with Crippen molar-refractivity contribution < 1.29 is 14.3 Å². The molecule has 1 heterocycles. The molecule has 0 fully saturated rings. The number of hydrogen-bond acceptors (Lipinski definition) is 6. The average Bonchev–Trinajstić information content (AvgIpc) is 2.31.